The van der Waals surface area contributed by atoms with E-state index in [1.54, 1.807) is 11.5 Å². The maximum atomic E-state index is 13.4. The third kappa shape index (κ3) is 7.69. The monoisotopic (exact) mass is 443 g/mol. The highest BCUT2D eigenvalue weighted by molar-refractivity contribution is 8.18. The molecule has 3 aliphatic rings. The van der Waals surface area contributed by atoms with E-state index in [9.17, 15) is 14.0 Å². The van der Waals surface area contributed by atoms with Crippen LogP contribution >= 0.6 is 23.5 Å². The summed E-state index contributed by atoms with van der Waals surface area (Å²) in [5.41, 5.74) is 0.666. The molecule has 0 bridgehead atoms. The molecular formula is C19H26FN3O4S2. The van der Waals surface area contributed by atoms with Crippen molar-refractivity contribution in [1.82, 2.24) is 15.5 Å². The number of carboxylic acids is 1. The Balaban J connectivity index is 1.31. The summed E-state index contributed by atoms with van der Waals surface area (Å²) in [6.45, 7) is 3.36. The van der Waals surface area contributed by atoms with Crippen molar-refractivity contribution in [3.8, 4) is 0 Å². The lowest BCUT2D eigenvalue weighted by Crippen LogP contribution is -2.48. The Morgan fingerprint density at radius 2 is 2.34 bits per heavy atom. The summed E-state index contributed by atoms with van der Waals surface area (Å²) in [4.78, 5) is 25.1. The highest BCUT2D eigenvalue weighted by atomic mass is 32.2. The standard InChI is InChI=1S/C19H26FN3O4S2/c20-14-3-1-2-13(6-14)9-23-4-5-27-16(10-23)8-21-17(24)12-29-19-22-15(11-28-19)7-18(25)26/h1,3,6,11,13,16,19,22H,2,4-5,7-10,12H2,(H,21,24)(H,25,26)/t13?,16-,19?/m0/s1. The molecule has 0 aromatic carbocycles. The predicted octanol–water partition coefficient (Wildman–Crippen LogP) is 1.90. The quantitative estimate of drug-likeness (QED) is 0.498. The first-order chi connectivity index (χ1) is 14.0. The Hall–Kier alpha value is -1.49. The van der Waals surface area contributed by atoms with Gasteiger partial charge in [0, 0.05) is 31.9 Å². The molecule has 3 N–H and O–H groups in total. The summed E-state index contributed by atoms with van der Waals surface area (Å²) in [7, 11) is 0. The molecule has 0 aromatic heterocycles. The van der Waals surface area contributed by atoms with Crippen molar-refractivity contribution < 1.29 is 23.8 Å². The summed E-state index contributed by atoms with van der Waals surface area (Å²) >= 11 is 2.91. The van der Waals surface area contributed by atoms with E-state index in [0.717, 1.165) is 19.5 Å². The number of allylic oxidation sites excluding steroid dienone is 3. The normalized spacial score (nSPS) is 27.1. The minimum absolute atomic E-state index is 0.0364. The van der Waals surface area contributed by atoms with Crippen LogP contribution in [0.15, 0.2) is 35.2 Å². The fourth-order valence-electron chi connectivity index (χ4n) is 3.36. The largest absolute Gasteiger partial charge is 0.481 e. The van der Waals surface area contributed by atoms with Gasteiger partial charge in [0.05, 0.1) is 24.9 Å². The third-order valence-corrected chi connectivity index (χ3v) is 7.07. The number of thioether (sulfide) groups is 2. The summed E-state index contributed by atoms with van der Waals surface area (Å²) in [6.07, 6.45) is 5.79. The van der Waals surface area contributed by atoms with E-state index in [1.807, 2.05) is 6.08 Å². The summed E-state index contributed by atoms with van der Waals surface area (Å²) in [5, 5.41) is 16.6. The number of nitrogens with one attached hydrogen (secondary N) is 2. The summed E-state index contributed by atoms with van der Waals surface area (Å²) < 4.78 is 19.1. The molecule has 1 fully saturated rings. The molecule has 2 aliphatic heterocycles. The number of carboxylic acid groups (broad SMARTS) is 1. The number of rotatable bonds is 9. The molecule has 2 unspecified atom stereocenters. The number of halogens is 1. The number of morpholine rings is 1. The van der Waals surface area contributed by atoms with Crippen LogP contribution in [0.4, 0.5) is 4.39 Å². The van der Waals surface area contributed by atoms with Gasteiger partial charge in [-0.2, -0.15) is 0 Å². The molecule has 160 valence electrons. The molecule has 3 rings (SSSR count). The first kappa shape index (κ1) is 22.2. The molecule has 0 spiro atoms. The number of nitrogens with zero attached hydrogens (tertiary/aromatic N) is 1. The SMILES string of the molecule is O=C(O)CC1=CSC(SCC(=O)NC[C@H]2CN(CC3C=C(F)C=CC3)CCO2)N1. The van der Waals surface area contributed by atoms with Crippen molar-refractivity contribution in [3.05, 3.63) is 35.2 Å². The van der Waals surface area contributed by atoms with E-state index in [1.165, 1.54) is 29.6 Å². The fourth-order valence-corrected chi connectivity index (χ4v) is 5.35. The number of hydrogen-bond donors (Lipinski definition) is 3. The van der Waals surface area contributed by atoms with Crippen molar-refractivity contribution >= 4 is 35.4 Å². The highest BCUT2D eigenvalue weighted by Crippen LogP contribution is 2.30. The maximum absolute atomic E-state index is 13.4. The zero-order chi connectivity index (χ0) is 20.6. The van der Waals surface area contributed by atoms with E-state index >= 15 is 0 Å². The van der Waals surface area contributed by atoms with Gasteiger partial charge in [0.2, 0.25) is 5.91 Å². The van der Waals surface area contributed by atoms with Crippen LogP contribution in [0.5, 0.6) is 0 Å². The van der Waals surface area contributed by atoms with Crippen molar-refractivity contribution in [1.29, 1.82) is 0 Å². The molecule has 0 radical (unpaired) electrons. The van der Waals surface area contributed by atoms with Gasteiger partial charge in [-0.05, 0) is 29.9 Å². The smallest absolute Gasteiger partial charge is 0.309 e. The second-order valence-electron chi connectivity index (χ2n) is 7.14. The number of hydrogen-bond acceptors (Lipinski definition) is 7. The molecule has 3 atom stereocenters. The van der Waals surface area contributed by atoms with E-state index in [0.29, 0.717) is 25.4 Å². The van der Waals surface area contributed by atoms with Crippen molar-refractivity contribution in [2.75, 3.05) is 38.5 Å². The second-order valence-corrected chi connectivity index (χ2v) is 9.51. The lowest BCUT2D eigenvalue weighted by molar-refractivity contribution is -0.136. The van der Waals surface area contributed by atoms with Crippen LogP contribution in [0.1, 0.15) is 12.8 Å². The zero-order valence-corrected chi connectivity index (χ0v) is 17.6. The van der Waals surface area contributed by atoms with E-state index in [-0.39, 0.29) is 40.6 Å². The van der Waals surface area contributed by atoms with Gasteiger partial charge < -0.3 is 20.5 Å². The van der Waals surface area contributed by atoms with Crippen molar-refractivity contribution in [2.24, 2.45) is 5.92 Å². The fraction of sp³-hybridized carbons (Fsp3) is 0.579. The maximum Gasteiger partial charge on any atom is 0.309 e. The Labute approximate surface area is 178 Å². The number of aliphatic carboxylic acids is 1. The third-order valence-electron chi connectivity index (χ3n) is 4.70. The minimum Gasteiger partial charge on any atom is -0.481 e. The van der Waals surface area contributed by atoms with Gasteiger partial charge in [-0.15, -0.1) is 11.8 Å². The van der Waals surface area contributed by atoms with Gasteiger partial charge in [0.25, 0.3) is 0 Å². The molecule has 1 amide bonds. The first-order valence-corrected chi connectivity index (χ1v) is 11.6. The van der Waals surface area contributed by atoms with Crippen LogP contribution in [-0.4, -0.2) is 71.2 Å². The van der Waals surface area contributed by atoms with E-state index in [4.69, 9.17) is 9.84 Å². The molecule has 29 heavy (non-hydrogen) atoms. The Morgan fingerprint density at radius 1 is 1.48 bits per heavy atom. The van der Waals surface area contributed by atoms with Gasteiger partial charge >= 0.3 is 5.97 Å². The number of carbonyl (C=O) groups excluding carboxylic acids is 1. The average Bonchev–Trinajstić information content (AvgIpc) is 3.12. The van der Waals surface area contributed by atoms with Crippen molar-refractivity contribution in [2.45, 2.75) is 23.7 Å². The Bertz CT molecular complexity index is 701. The van der Waals surface area contributed by atoms with Crippen LogP contribution in [0.3, 0.4) is 0 Å². The molecule has 0 aromatic rings. The van der Waals surface area contributed by atoms with Gasteiger partial charge in [-0.1, -0.05) is 17.8 Å². The molecule has 0 saturated carbocycles. The molecular weight excluding hydrogens is 417 g/mol. The van der Waals surface area contributed by atoms with Crippen molar-refractivity contribution in [3.63, 3.8) is 0 Å². The van der Waals surface area contributed by atoms with Crippen LogP contribution in [0.2, 0.25) is 0 Å². The molecule has 7 nitrogen and oxygen atoms in total. The molecule has 1 aliphatic carbocycles. The van der Waals surface area contributed by atoms with E-state index in [2.05, 4.69) is 15.5 Å². The Morgan fingerprint density at radius 3 is 3.14 bits per heavy atom. The highest BCUT2D eigenvalue weighted by Gasteiger charge is 2.24. The van der Waals surface area contributed by atoms with Gasteiger partial charge in [0.15, 0.2) is 0 Å². The number of carbonyl (C=O) groups is 2. The zero-order valence-electron chi connectivity index (χ0n) is 16.0. The molecule has 1 saturated heterocycles. The minimum atomic E-state index is -0.879. The second kappa shape index (κ2) is 11.1. The van der Waals surface area contributed by atoms with Crippen LogP contribution < -0.4 is 10.6 Å². The first-order valence-electron chi connectivity index (χ1n) is 9.57. The topological polar surface area (TPSA) is 90.9 Å². The predicted molar refractivity (Wildman–Crippen MR) is 113 cm³/mol. The van der Waals surface area contributed by atoms with Gasteiger partial charge in [0.1, 0.15) is 10.5 Å². The van der Waals surface area contributed by atoms with Crippen LogP contribution in [0.25, 0.3) is 0 Å². The van der Waals surface area contributed by atoms with Crippen LogP contribution in [0, 0.1) is 5.92 Å². The van der Waals surface area contributed by atoms with Gasteiger partial charge in [-0.3, -0.25) is 14.5 Å². The lowest BCUT2D eigenvalue weighted by atomic mass is 9.99. The van der Waals surface area contributed by atoms with E-state index < -0.39 is 5.97 Å². The Kier molecular flexibility index (Phi) is 8.46. The van der Waals surface area contributed by atoms with Crippen LogP contribution in [-0.2, 0) is 14.3 Å². The number of ether oxygens (including phenoxy) is 1. The average molecular weight is 444 g/mol. The molecule has 2 heterocycles. The summed E-state index contributed by atoms with van der Waals surface area (Å²) in [5.74, 6) is -0.660. The molecule has 10 heteroatoms. The lowest BCUT2D eigenvalue weighted by Gasteiger charge is -2.34. The number of amides is 1. The summed E-state index contributed by atoms with van der Waals surface area (Å²) in [6, 6.07) is 0. The van der Waals surface area contributed by atoms with Gasteiger partial charge in [-0.25, -0.2) is 4.39 Å².